The topological polar surface area (TPSA) is 92.8 Å². The van der Waals surface area contributed by atoms with Crippen LogP contribution in [0.25, 0.3) is 0 Å². The minimum atomic E-state index is -1.16. The van der Waals surface area contributed by atoms with Gasteiger partial charge in [-0.1, -0.05) is 41.4 Å². The number of nitrogens with one attached hydrogen (secondary N) is 1. The van der Waals surface area contributed by atoms with Gasteiger partial charge in [0.15, 0.2) is 6.10 Å². The summed E-state index contributed by atoms with van der Waals surface area (Å²) < 4.78 is 5.26. The molecule has 7 nitrogen and oxygen atoms in total. The standard InChI is InChI=1S/C24H16Cl2N2O5/c1-13(21(29)27-20-12-15(25)9-10-19(20)26)33-24(32)14-5-4-6-16(11-14)28-22(30)17-7-2-3-8-18(17)23(28)31/h2-13H,1H3,(H,27,29). The van der Waals surface area contributed by atoms with E-state index in [4.69, 9.17) is 27.9 Å². The molecule has 1 atom stereocenters. The van der Waals surface area contributed by atoms with Gasteiger partial charge in [0.1, 0.15) is 0 Å². The number of carbonyl (C=O) groups is 4. The lowest BCUT2D eigenvalue weighted by atomic mass is 10.1. The molecule has 0 aromatic heterocycles. The van der Waals surface area contributed by atoms with Crippen LogP contribution >= 0.6 is 23.2 Å². The fraction of sp³-hybridized carbons (Fsp3) is 0.0833. The summed E-state index contributed by atoms with van der Waals surface area (Å²) in [6, 6.07) is 16.9. The molecule has 3 aromatic rings. The van der Waals surface area contributed by atoms with E-state index in [0.29, 0.717) is 16.1 Å². The molecular formula is C24H16Cl2N2O5. The lowest BCUT2D eigenvalue weighted by Crippen LogP contribution is -2.31. The van der Waals surface area contributed by atoms with Gasteiger partial charge in [0.2, 0.25) is 0 Å². The second-order valence-electron chi connectivity index (χ2n) is 7.20. The molecule has 0 aliphatic carbocycles. The molecule has 4 rings (SSSR count). The van der Waals surface area contributed by atoms with E-state index in [9.17, 15) is 19.2 Å². The SMILES string of the molecule is CC(OC(=O)c1cccc(N2C(=O)c3ccccc3C2=O)c1)C(=O)Nc1cc(Cl)ccc1Cl. The molecule has 33 heavy (non-hydrogen) atoms. The van der Waals surface area contributed by atoms with Crippen molar-refractivity contribution in [1.82, 2.24) is 0 Å². The molecule has 1 unspecified atom stereocenters. The molecule has 1 heterocycles. The number of anilines is 2. The zero-order chi connectivity index (χ0) is 23.7. The van der Waals surface area contributed by atoms with Crippen LogP contribution in [-0.4, -0.2) is 29.8 Å². The maximum atomic E-state index is 12.7. The highest BCUT2D eigenvalue weighted by Crippen LogP contribution is 2.29. The summed E-state index contributed by atoms with van der Waals surface area (Å²) in [7, 11) is 0. The number of amides is 3. The molecule has 1 aliphatic heterocycles. The van der Waals surface area contributed by atoms with Crippen LogP contribution in [-0.2, 0) is 9.53 Å². The van der Waals surface area contributed by atoms with E-state index >= 15 is 0 Å². The molecule has 9 heteroatoms. The molecule has 166 valence electrons. The quantitative estimate of drug-likeness (QED) is 0.408. The Kier molecular flexibility index (Phi) is 6.18. The number of rotatable bonds is 5. The Morgan fingerprint density at radius 3 is 2.24 bits per heavy atom. The summed E-state index contributed by atoms with van der Waals surface area (Å²) in [6.45, 7) is 1.40. The van der Waals surface area contributed by atoms with Crippen molar-refractivity contribution < 1.29 is 23.9 Å². The number of hydrogen-bond donors (Lipinski definition) is 1. The van der Waals surface area contributed by atoms with E-state index < -0.39 is 29.8 Å². The van der Waals surface area contributed by atoms with E-state index in [1.807, 2.05) is 0 Å². The fourth-order valence-corrected chi connectivity index (χ4v) is 3.64. The smallest absolute Gasteiger partial charge is 0.338 e. The average Bonchev–Trinajstić information content (AvgIpc) is 3.06. The maximum Gasteiger partial charge on any atom is 0.338 e. The molecule has 0 fully saturated rings. The van der Waals surface area contributed by atoms with Crippen LogP contribution in [0.3, 0.4) is 0 Å². The number of imide groups is 1. The highest BCUT2D eigenvalue weighted by Gasteiger charge is 2.36. The lowest BCUT2D eigenvalue weighted by Gasteiger charge is -2.16. The second kappa shape index (κ2) is 9.05. The minimum Gasteiger partial charge on any atom is -0.449 e. The third-order valence-electron chi connectivity index (χ3n) is 4.97. The van der Waals surface area contributed by atoms with Crippen molar-refractivity contribution in [3.63, 3.8) is 0 Å². The number of benzene rings is 3. The van der Waals surface area contributed by atoms with Crippen molar-refractivity contribution in [3.05, 3.63) is 93.5 Å². The molecule has 0 radical (unpaired) electrons. The first-order valence-corrected chi connectivity index (χ1v) is 10.6. The summed E-state index contributed by atoms with van der Waals surface area (Å²) in [5.74, 6) is -2.36. The van der Waals surface area contributed by atoms with E-state index in [1.165, 1.54) is 43.3 Å². The third kappa shape index (κ3) is 4.46. The van der Waals surface area contributed by atoms with Gasteiger partial charge in [0, 0.05) is 5.02 Å². The summed E-state index contributed by atoms with van der Waals surface area (Å²) in [6.07, 6.45) is -1.16. The third-order valence-corrected chi connectivity index (χ3v) is 5.54. The van der Waals surface area contributed by atoms with E-state index in [0.717, 1.165) is 4.90 Å². The van der Waals surface area contributed by atoms with Gasteiger partial charge in [0.05, 0.1) is 33.1 Å². The van der Waals surface area contributed by atoms with Gasteiger partial charge in [-0.05, 0) is 55.5 Å². The first-order valence-electron chi connectivity index (χ1n) is 9.81. The molecule has 0 spiro atoms. The zero-order valence-electron chi connectivity index (χ0n) is 17.2. The molecular weight excluding hydrogens is 467 g/mol. The molecule has 0 saturated heterocycles. The number of esters is 1. The summed E-state index contributed by atoms with van der Waals surface area (Å²) >= 11 is 12.0. The van der Waals surface area contributed by atoms with Crippen molar-refractivity contribution in [3.8, 4) is 0 Å². The first-order chi connectivity index (χ1) is 15.8. The van der Waals surface area contributed by atoms with Crippen LogP contribution in [0.5, 0.6) is 0 Å². The molecule has 0 saturated carbocycles. The number of carbonyl (C=O) groups excluding carboxylic acids is 4. The Labute approximate surface area is 198 Å². The van der Waals surface area contributed by atoms with Crippen molar-refractivity contribution in [1.29, 1.82) is 0 Å². The number of halogens is 2. The minimum absolute atomic E-state index is 0.0736. The largest absolute Gasteiger partial charge is 0.449 e. The normalized spacial score (nSPS) is 13.5. The Morgan fingerprint density at radius 1 is 0.909 bits per heavy atom. The number of ether oxygens (including phenoxy) is 1. The lowest BCUT2D eigenvalue weighted by molar-refractivity contribution is -0.123. The molecule has 1 N–H and O–H groups in total. The van der Waals surface area contributed by atoms with Crippen molar-refractivity contribution in [2.45, 2.75) is 13.0 Å². The Bertz CT molecular complexity index is 1270. The Balaban J connectivity index is 1.48. The fourth-order valence-electron chi connectivity index (χ4n) is 3.31. The van der Waals surface area contributed by atoms with Gasteiger partial charge in [0.25, 0.3) is 17.7 Å². The van der Waals surface area contributed by atoms with Crippen LogP contribution < -0.4 is 10.2 Å². The highest BCUT2D eigenvalue weighted by atomic mass is 35.5. The average molecular weight is 483 g/mol. The zero-order valence-corrected chi connectivity index (χ0v) is 18.7. The van der Waals surface area contributed by atoms with Crippen LogP contribution in [0.15, 0.2) is 66.7 Å². The van der Waals surface area contributed by atoms with E-state index in [2.05, 4.69) is 5.32 Å². The molecule has 3 amide bonds. The Morgan fingerprint density at radius 2 is 1.58 bits per heavy atom. The van der Waals surface area contributed by atoms with E-state index in [-0.39, 0.29) is 22.0 Å². The van der Waals surface area contributed by atoms with Crippen LogP contribution in [0.1, 0.15) is 38.0 Å². The monoisotopic (exact) mass is 482 g/mol. The van der Waals surface area contributed by atoms with Gasteiger partial charge < -0.3 is 10.1 Å². The van der Waals surface area contributed by atoms with Crippen LogP contribution in [0.4, 0.5) is 11.4 Å². The van der Waals surface area contributed by atoms with E-state index in [1.54, 1.807) is 30.3 Å². The summed E-state index contributed by atoms with van der Waals surface area (Å²) in [4.78, 5) is 51.5. The summed E-state index contributed by atoms with van der Waals surface area (Å²) in [5.41, 5.74) is 1.16. The van der Waals surface area contributed by atoms with Gasteiger partial charge in [-0.3, -0.25) is 14.4 Å². The van der Waals surface area contributed by atoms with Gasteiger partial charge in [-0.25, -0.2) is 9.69 Å². The molecule has 1 aliphatic rings. The van der Waals surface area contributed by atoms with Crippen molar-refractivity contribution in [2.75, 3.05) is 10.2 Å². The molecule has 3 aromatic carbocycles. The Hall–Kier alpha value is -3.68. The highest BCUT2D eigenvalue weighted by molar-refractivity contribution is 6.36. The van der Waals surface area contributed by atoms with Crippen LogP contribution in [0, 0.1) is 0 Å². The van der Waals surface area contributed by atoms with Crippen molar-refractivity contribution >= 4 is 58.3 Å². The predicted molar refractivity (Wildman–Crippen MR) is 124 cm³/mol. The maximum absolute atomic E-state index is 12.7. The van der Waals surface area contributed by atoms with Crippen LogP contribution in [0.2, 0.25) is 10.0 Å². The number of nitrogens with zero attached hydrogens (tertiary/aromatic N) is 1. The first kappa shape index (κ1) is 22.5. The number of hydrogen-bond acceptors (Lipinski definition) is 5. The predicted octanol–water partition coefficient (Wildman–Crippen LogP) is 4.98. The van der Waals surface area contributed by atoms with Crippen molar-refractivity contribution in [2.24, 2.45) is 0 Å². The van der Waals surface area contributed by atoms with Gasteiger partial charge in [-0.2, -0.15) is 0 Å². The van der Waals surface area contributed by atoms with Gasteiger partial charge in [-0.15, -0.1) is 0 Å². The molecule has 0 bridgehead atoms. The summed E-state index contributed by atoms with van der Waals surface area (Å²) in [5, 5.41) is 3.21. The number of fused-ring (bicyclic) bond motifs is 1. The second-order valence-corrected chi connectivity index (χ2v) is 8.05. The van der Waals surface area contributed by atoms with Gasteiger partial charge >= 0.3 is 5.97 Å².